The fourth-order valence-corrected chi connectivity index (χ4v) is 3.99. The van der Waals surface area contributed by atoms with Crippen molar-refractivity contribution in [1.82, 2.24) is 20.3 Å². The molecule has 4 aromatic rings. The molecule has 0 spiro atoms. The molecule has 0 radical (unpaired) electrons. The number of nitrogens with one attached hydrogen (secondary N) is 2. The predicted octanol–water partition coefficient (Wildman–Crippen LogP) is 6.02. The molecule has 0 aliphatic carbocycles. The Balaban J connectivity index is 1.49. The summed E-state index contributed by atoms with van der Waals surface area (Å²) in [5.41, 5.74) is 2.87. The van der Waals surface area contributed by atoms with Gasteiger partial charge in [0.1, 0.15) is 16.8 Å². The van der Waals surface area contributed by atoms with Crippen LogP contribution in [0.1, 0.15) is 17.3 Å². The average Bonchev–Trinajstić information content (AvgIpc) is 3.18. The zero-order chi connectivity index (χ0) is 23.5. The Morgan fingerprint density at radius 3 is 2.45 bits per heavy atom. The minimum atomic E-state index is -0.373. The largest absolute Gasteiger partial charge is 0.493 e. The third-order valence-electron chi connectivity index (χ3n) is 4.50. The molecule has 2 N–H and O–H groups in total. The second-order valence-electron chi connectivity index (χ2n) is 6.77. The molecule has 0 unspecified atom stereocenters. The lowest BCUT2D eigenvalue weighted by molar-refractivity contribution is 0.0977. The molecule has 1 amide bonds. The second kappa shape index (κ2) is 10.0. The zero-order valence-corrected chi connectivity index (χ0v) is 21.0. The van der Waals surface area contributed by atoms with Crippen LogP contribution in [0.5, 0.6) is 5.75 Å². The van der Waals surface area contributed by atoms with Crippen LogP contribution in [0.2, 0.25) is 10.0 Å². The fraction of sp³-hybridized carbons (Fsp3) is 0.0909. The number of amides is 1. The lowest BCUT2D eigenvalue weighted by atomic mass is 10.2. The molecule has 0 saturated carbocycles. The lowest BCUT2D eigenvalue weighted by Crippen LogP contribution is -2.34. The van der Waals surface area contributed by atoms with Crippen molar-refractivity contribution in [3.05, 3.63) is 74.7 Å². The van der Waals surface area contributed by atoms with Crippen LogP contribution in [0, 0.1) is 0 Å². The van der Waals surface area contributed by atoms with Gasteiger partial charge in [-0.2, -0.15) is 4.80 Å². The third kappa shape index (κ3) is 5.44. The number of rotatable bonds is 5. The number of aromatic nitrogens is 3. The van der Waals surface area contributed by atoms with Gasteiger partial charge in [0.05, 0.1) is 27.5 Å². The fourth-order valence-electron chi connectivity index (χ4n) is 2.97. The molecule has 7 nitrogen and oxygen atoms in total. The minimum Gasteiger partial charge on any atom is -0.493 e. The molecule has 0 saturated heterocycles. The van der Waals surface area contributed by atoms with Gasteiger partial charge in [0, 0.05) is 10.6 Å². The number of ether oxygens (including phenoxy) is 1. The molecule has 0 bridgehead atoms. The van der Waals surface area contributed by atoms with E-state index in [9.17, 15) is 4.79 Å². The van der Waals surface area contributed by atoms with Crippen LogP contribution >= 0.6 is 51.3 Å². The molecule has 1 heterocycles. The van der Waals surface area contributed by atoms with Gasteiger partial charge in [-0.05, 0) is 89.7 Å². The van der Waals surface area contributed by atoms with Crippen LogP contribution in [0.25, 0.3) is 16.7 Å². The van der Waals surface area contributed by atoms with Gasteiger partial charge >= 0.3 is 0 Å². The Morgan fingerprint density at radius 1 is 1.09 bits per heavy atom. The molecule has 0 aliphatic heterocycles. The van der Waals surface area contributed by atoms with Crippen molar-refractivity contribution in [3.63, 3.8) is 0 Å². The van der Waals surface area contributed by atoms with E-state index in [-0.39, 0.29) is 11.0 Å². The van der Waals surface area contributed by atoms with Gasteiger partial charge in [-0.15, -0.1) is 10.2 Å². The number of carbonyl (C=O) groups is 1. The number of hydrogen-bond acceptors (Lipinski definition) is 5. The molecule has 0 aliphatic rings. The SMILES string of the molecule is CCOc1ccc(C(=O)NC(=S)Nc2cc3nn(-c4ccc(Cl)cc4)nc3cc2Cl)cc1Br. The van der Waals surface area contributed by atoms with Crippen molar-refractivity contribution in [2.24, 2.45) is 0 Å². The summed E-state index contributed by atoms with van der Waals surface area (Å²) in [4.78, 5) is 14.1. The van der Waals surface area contributed by atoms with Crippen molar-refractivity contribution in [2.75, 3.05) is 11.9 Å². The smallest absolute Gasteiger partial charge is 0.257 e. The van der Waals surface area contributed by atoms with E-state index in [0.717, 1.165) is 5.69 Å². The first kappa shape index (κ1) is 23.4. The number of hydrogen-bond donors (Lipinski definition) is 2. The maximum Gasteiger partial charge on any atom is 0.257 e. The summed E-state index contributed by atoms with van der Waals surface area (Å²) >= 11 is 21.0. The molecule has 11 heteroatoms. The molecule has 3 aromatic carbocycles. The van der Waals surface area contributed by atoms with E-state index in [1.807, 2.05) is 19.1 Å². The molecule has 168 valence electrons. The molecular weight excluding hydrogens is 549 g/mol. The van der Waals surface area contributed by atoms with Gasteiger partial charge in [0.25, 0.3) is 5.91 Å². The summed E-state index contributed by atoms with van der Waals surface area (Å²) in [5, 5.41) is 15.6. The highest BCUT2D eigenvalue weighted by molar-refractivity contribution is 9.10. The van der Waals surface area contributed by atoms with E-state index < -0.39 is 0 Å². The summed E-state index contributed by atoms with van der Waals surface area (Å²) in [6.07, 6.45) is 0. The van der Waals surface area contributed by atoms with Crippen molar-refractivity contribution in [3.8, 4) is 11.4 Å². The average molecular weight is 565 g/mol. The van der Waals surface area contributed by atoms with E-state index in [2.05, 4.69) is 36.8 Å². The monoisotopic (exact) mass is 563 g/mol. The second-order valence-corrected chi connectivity index (χ2v) is 8.88. The number of nitrogens with zero attached hydrogens (tertiary/aromatic N) is 3. The standard InChI is InChI=1S/C22H16BrCl2N5O2S/c1-2-32-20-8-3-12(9-15(20)23)21(31)27-22(33)26-17-11-19-18(10-16(17)25)28-30(29-19)14-6-4-13(24)5-7-14/h3-11H,2H2,1H3,(H2,26,27,31,33). The van der Waals surface area contributed by atoms with E-state index in [1.165, 1.54) is 4.80 Å². The molecule has 0 fully saturated rings. The summed E-state index contributed by atoms with van der Waals surface area (Å²) in [6.45, 7) is 2.41. The van der Waals surface area contributed by atoms with E-state index >= 15 is 0 Å². The Hall–Kier alpha value is -2.72. The third-order valence-corrected chi connectivity index (χ3v) is 5.88. The number of carbonyl (C=O) groups excluding carboxylic acids is 1. The number of fused-ring (bicyclic) bond motifs is 1. The molecular formula is C22H16BrCl2N5O2S. The van der Waals surface area contributed by atoms with E-state index in [1.54, 1.807) is 42.5 Å². The van der Waals surface area contributed by atoms with E-state index in [4.69, 9.17) is 40.2 Å². The first-order chi connectivity index (χ1) is 15.8. The maximum absolute atomic E-state index is 12.6. The van der Waals surface area contributed by atoms with Crippen LogP contribution in [0.15, 0.2) is 59.1 Å². The Bertz CT molecular complexity index is 1360. The van der Waals surface area contributed by atoms with Crippen molar-refractivity contribution >= 4 is 79.1 Å². The Kier molecular flexibility index (Phi) is 7.14. The van der Waals surface area contributed by atoms with Crippen molar-refractivity contribution < 1.29 is 9.53 Å². The highest BCUT2D eigenvalue weighted by Crippen LogP contribution is 2.28. The van der Waals surface area contributed by atoms with Crippen LogP contribution in [-0.2, 0) is 0 Å². The lowest BCUT2D eigenvalue weighted by Gasteiger charge is -2.12. The molecule has 1 aromatic heterocycles. The van der Waals surface area contributed by atoms with Crippen molar-refractivity contribution in [1.29, 1.82) is 0 Å². The van der Waals surface area contributed by atoms with Crippen LogP contribution in [0.4, 0.5) is 5.69 Å². The van der Waals surface area contributed by atoms with Crippen molar-refractivity contribution in [2.45, 2.75) is 6.92 Å². The van der Waals surface area contributed by atoms with Gasteiger partial charge in [-0.25, -0.2) is 0 Å². The van der Waals surface area contributed by atoms with Crippen LogP contribution in [-0.4, -0.2) is 32.6 Å². The molecule has 33 heavy (non-hydrogen) atoms. The topological polar surface area (TPSA) is 81.1 Å². The summed E-state index contributed by atoms with van der Waals surface area (Å²) in [5.74, 6) is 0.281. The summed E-state index contributed by atoms with van der Waals surface area (Å²) in [6, 6.07) is 15.6. The van der Waals surface area contributed by atoms with Crippen LogP contribution in [0.3, 0.4) is 0 Å². The van der Waals surface area contributed by atoms with Crippen LogP contribution < -0.4 is 15.4 Å². The van der Waals surface area contributed by atoms with Gasteiger partial charge in [0.2, 0.25) is 0 Å². The summed E-state index contributed by atoms with van der Waals surface area (Å²) < 4.78 is 6.14. The van der Waals surface area contributed by atoms with Gasteiger partial charge in [0.15, 0.2) is 5.11 Å². The van der Waals surface area contributed by atoms with E-state index in [0.29, 0.717) is 49.2 Å². The zero-order valence-electron chi connectivity index (χ0n) is 17.1. The predicted molar refractivity (Wildman–Crippen MR) is 138 cm³/mol. The molecule has 4 rings (SSSR count). The number of thiocarbonyl (C=S) groups is 1. The minimum absolute atomic E-state index is 0.0938. The first-order valence-corrected chi connectivity index (χ1v) is 11.7. The van der Waals surface area contributed by atoms with Gasteiger partial charge in [-0.1, -0.05) is 23.2 Å². The van der Waals surface area contributed by atoms with Gasteiger partial charge < -0.3 is 10.1 Å². The highest BCUT2D eigenvalue weighted by atomic mass is 79.9. The Morgan fingerprint density at radius 2 is 1.79 bits per heavy atom. The Labute approximate surface area is 213 Å². The van der Waals surface area contributed by atoms with Gasteiger partial charge in [-0.3, -0.25) is 10.1 Å². The first-order valence-electron chi connectivity index (χ1n) is 9.71. The quantitative estimate of drug-likeness (QED) is 0.289. The maximum atomic E-state index is 12.6. The summed E-state index contributed by atoms with van der Waals surface area (Å²) in [7, 11) is 0. The molecule has 0 atom stereocenters. The normalized spacial score (nSPS) is 10.8. The highest BCUT2D eigenvalue weighted by Gasteiger charge is 2.14. The number of halogens is 3. The number of benzene rings is 3. The number of anilines is 1.